The van der Waals surface area contributed by atoms with Crippen LogP contribution in [-0.4, -0.2) is 29.0 Å². The summed E-state index contributed by atoms with van der Waals surface area (Å²) in [5.41, 5.74) is 1.21. The molecule has 0 radical (unpaired) electrons. The van der Waals surface area contributed by atoms with Crippen molar-refractivity contribution in [1.29, 1.82) is 0 Å². The van der Waals surface area contributed by atoms with Crippen molar-refractivity contribution in [2.45, 2.75) is 39.2 Å². The standard InChI is InChI=1S/C17H22N4O2/c1-13-11-15(16(22)18-12-14-7-6-10-23-14)20-17(19-13)21-8-4-2-3-5-9-21/h6-7,10-11H,2-5,8-9,12H2,1H3,(H,18,22). The molecule has 1 aliphatic heterocycles. The molecule has 1 N–H and O–H groups in total. The number of rotatable bonds is 4. The molecule has 0 spiro atoms. The van der Waals surface area contributed by atoms with Gasteiger partial charge in [-0.15, -0.1) is 0 Å². The van der Waals surface area contributed by atoms with E-state index < -0.39 is 0 Å². The summed E-state index contributed by atoms with van der Waals surface area (Å²) in [5.74, 6) is 1.18. The first-order valence-corrected chi connectivity index (χ1v) is 8.13. The summed E-state index contributed by atoms with van der Waals surface area (Å²) in [6.45, 7) is 4.16. The number of nitrogens with zero attached hydrogens (tertiary/aromatic N) is 3. The lowest BCUT2D eigenvalue weighted by Gasteiger charge is -2.20. The molecular weight excluding hydrogens is 292 g/mol. The minimum absolute atomic E-state index is 0.206. The zero-order valence-corrected chi connectivity index (χ0v) is 13.4. The highest BCUT2D eigenvalue weighted by molar-refractivity contribution is 5.92. The fourth-order valence-electron chi connectivity index (χ4n) is 2.75. The van der Waals surface area contributed by atoms with Gasteiger partial charge in [-0.25, -0.2) is 9.97 Å². The number of aryl methyl sites for hydroxylation is 1. The van der Waals surface area contributed by atoms with Gasteiger partial charge in [0, 0.05) is 18.8 Å². The van der Waals surface area contributed by atoms with E-state index in [1.54, 1.807) is 18.4 Å². The average Bonchev–Trinajstić information content (AvgIpc) is 2.92. The van der Waals surface area contributed by atoms with Crippen LogP contribution in [0.5, 0.6) is 0 Å². The van der Waals surface area contributed by atoms with Crippen LogP contribution in [0.25, 0.3) is 0 Å². The van der Waals surface area contributed by atoms with Gasteiger partial charge in [0.25, 0.3) is 5.91 Å². The Balaban J connectivity index is 1.72. The number of amides is 1. The van der Waals surface area contributed by atoms with Gasteiger partial charge < -0.3 is 14.6 Å². The number of carbonyl (C=O) groups is 1. The Morgan fingerprint density at radius 1 is 1.26 bits per heavy atom. The van der Waals surface area contributed by atoms with Crippen molar-refractivity contribution < 1.29 is 9.21 Å². The number of hydrogen-bond acceptors (Lipinski definition) is 5. The van der Waals surface area contributed by atoms with Gasteiger partial charge in [0.05, 0.1) is 12.8 Å². The summed E-state index contributed by atoms with van der Waals surface area (Å²) >= 11 is 0. The highest BCUT2D eigenvalue weighted by atomic mass is 16.3. The van der Waals surface area contributed by atoms with Gasteiger partial charge in [0.15, 0.2) is 0 Å². The number of hydrogen-bond donors (Lipinski definition) is 1. The summed E-state index contributed by atoms with van der Waals surface area (Å²) in [7, 11) is 0. The van der Waals surface area contributed by atoms with Crippen molar-refractivity contribution in [1.82, 2.24) is 15.3 Å². The fourth-order valence-corrected chi connectivity index (χ4v) is 2.75. The Kier molecular flexibility index (Phi) is 4.90. The molecule has 3 rings (SSSR count). The molecule has 0 saturated carbocycles. The monoisotopic (exact) mass is 314 g/mol. The number of anilines is 1. The topological polar surface area (TPSA) is 71.3 Å². The van der Waals surface area contributed by atoms with Crippen LogP contribution >= 0.6 is 0 Å². The summed E-state index contributed by atoms with van der Waals surface area (Å²) in [4.78, 5) is 23.5. The molecule has 1 aliphatic rings. The van der Waals surface area contributed by atoms with Crippen molar-refractivity contribution >= 4 is 11.9 Å². The third kappa shape index (κ3) is 4.09. The Morgan fingerprint density at radius 2 is 2.04 bits per heavy atom. The third-order valence-electron chi connectivity index (χ3n) is 3.97. The minimum atomic E-state index is -0.206. The van der Waals surface area contributed by atoms with Crippen LogP contribution < -0.4 is 10.2 Å². The van der Waals surface area contributed by atoms with Crippen molar-refractivity contribution in [2.24, 2.45) is 0 Å². The maximum absolute atomic E-state index is 12.3. The van der Waals surface area contributed by atoms with Crippen LogP contribution in [0.15, 0.2) is 28.9 Å². The lowest BCUT2D eigenvalue weighted by Crippen LogP contribution is -2.29. The third-order valence-corrected chi connectivity index (χ3v) is 3.97. The molecule has 6 nitrogen and oxygen atoms in total. The first-order valence-electron chi connectivity index (χ1n) is 8.13. The van der Waals surface area contributed by atoms with Crippen LogP contribution in [0.1, 0.15) is 47.6 Å². The molecule has 6 heteroatoms. The van der Waals surface area contributed by atoms with Gasteiger partial charge in [0.2, 0.25) is 5.95 Å². The van der Waals surface area contributed by atoms with Crippen LogP contribution in [0.4, 0.5) is 5.95 Å². The largest absolute Gasteiger partial charge is 0.467 e. The highest BCUT2D eigenvalue weighted by Gasteiger charge is 2.16. The van der Waals surface area contributed by atoms with E-state index in [1.165, 1.54) is 12.8 Å². The van der Waals surface area contributed by atoms with E-state index in [9.17, 15) is 4.79 Å². The molecular formula is C17H22N4O2. The minimum Gasteiger partial charge on any atom is -0.467 e. The van der Waals surface area contributed by atoms with Gasteiger partial charge >= 0.3 is 0 Å². The van der Waals surface area contributed by atoms with Crippen LogP contribution in [0.2, 0.25) is 0 Å². The zero-order valence-electron chi connectivity index (χ0n) is 13.4. The molecule has 0 atom stereocenters. The molecule has 2 aromatic rings. The number of nitrogens with one attached hydrogen (secondary N) is 1. The lowest BCUT2D eigenvalue weighted by molar-refractivity contribution is 0.0943. The molecule has 1 fully saturated rings. The predicted octanol–water partition coefficient (Wildman–Crippen LogP) is 2.69. The Bertz CT molecular complexity index is 647. The second-order valence-corrected chi connectivity index (χ2v) is 5.86. The molecule has 2 aromatic heterocycles. The van der Waals surface area contributed by atoms with E-state index in [1.807, 2.05) is 13.0 Å². The normalized spacial score (nSPS) is 15.3. The molecule has 23 heavy (non-hydrogen) atoms. The fraction of sp³-hybridized carbons (Fsp3) is 0.471. The SMILES string of the molecule is Cc1cc(C(=O)NCc2ccco2)nc(N2CCCCCC2)n1. The van der Waals surface area contributed by atoms with Gasteiger partial charge in [-0.1, -0.05) is 12.8 Å². The summed E-state index contributed by atoms with van der Waals surface area (Å²) in [6, 6.07) is 5.35. The van der Waals surface area contributed by atoms with Crippen molar-refractivity contribution in [3.8, 4) is 0 Å². The van der Waals surface area contributed by atoms with E-state index in [0.29, 0.717) is 18.2 Å². The van der Waals surface area contributed by atoms with E-state index in [4.69, 9.17) is 4.42 Å². The first kappa shape index (κ1) is 15.5. The first-order chi connectivity index (χ1) is 11.2. The molecule has 1 saturated heterocycles. The molecule has 0 unspecified atom stereocenters. The molecule has 1 amide bonds. The van der Waals surface area contributed by atoms with E-state index in [2.05, 4.69) is 20.2 Å². The average molecular weight is 314 g/mol. The summed E-state index contributed by atoms with van der Waals surface area (Å²) < 4.78 is 5.22. The Labute approximate surface area is 135 Å². The molecule has 122 valence electrons. The van der Waals surface area contributed by atoms with Crippen LogP contribution in [0.3, 0.4) is 0 Å². The van der Waals surface area contributed by atoms with Gasteiger partial charge in [-0.2, -0.15) is 0 Å². The Morgan fingerprint density at radius 3 is 2.74 bits per heavy atom. The van der Waals surface area contributed by atoms with E-state index in [0.717, 1.165) is 37.4 Å². The molecule has 0 aliphatic carbocycles. The van der Waals surface area contributed by atoms with Crippen molar-refractivity contribution in [3.05, 3.63) is 41.6 Å². The maximum atomic E-state index is 12.3. The number of carbonyl (C=O) groups excluding carboxylic acids is 1. The van der Waals surface area contributed by atoms with Gasteiger partial charge in [-0.05, 0) is 38.0 Å². The van der Waals surface area contributed by atoms with Gasteiger partial charge in [0.1, 0.15) is 11.5 Å². The Hall–Kier alpha value is -2.37. The highest BCUT2D eigenvalue weighted by Crippen LogP contribution is 2.16. The molecule has 0 bridgehead atoms. The maximum Gasteiger partial charge on any atom is 0.270 e. The van der Waals surface area contributed by atoms with E-state index in [-0.39, 0.29) is 5.91 Å². The molecule has 3 heterocycles. The number of furan rings is 1. The van der Waals surface area contributed by atoms with Crippen LogP contribution in [-0.2, 0) is 6.54 Å². The lowest BCUT2D eigenvalue weighted by atomic mass is 10.2. The second kappa shape index (κ2) is 7.26. The van der Waals surface area contributed by atoms with Gasteiger partial charge in [-0.3, -0.25) is 4.79 Å². The van der Waals surface area contributed by atoms with Crippen molar-refractivity contribution in [3.63, 3.8) is 0 Å². The van der Waals surface area contributed by atoms with Crippen LogP contribution in [0, 0.1) is 6.92 Å². The quantitative estimate of drug-likeness (QED) is 0.939. The molecule has 0 aromatic carbocycles. The summed E-state index contributed by atoms with van der Waals surface area (Å²) in [6.07, 6.45) is 6.39. The predicted molar refractivity (Wildman–Crippen MR) is 87.3 cm³/mol. The number of aromatic nitrogens is 2. The zero-order chi connectivity index (χ0) is 16.1. The smallest absolute Gasteiger partial charge is 0.270 e. The van der Waals surface area contributed by atoms with E-state index >= 15 is 0 Å². The second-order valence-electron chi connectivity index (χ2n) is 5.86. The van der Waals surface area contributed by atoms with Crippen molar-refractivity contribution in [2.75, 3.05) is 18.0 Å². The summed E-state index contributed by atoms with van der Waals surface area (Å²) in [5, 5.41) is 2.83.